The molecule has 0 spiro atoms. The van der Waals surface area contributed by atoms with Gasteiger partial charge in [0.1, 0.15) is 16.4 Å². The molecule has 1 amide bonds. The van der Waals surface area contributed by atoms with Crippen LogP contribution in [0.3, 0.4) is 0 Å². The fourth-order valence-electron chi connectivity index (χ4n) is 2.62. The lowest BCUT2D eigenvalue weighted by Crippen LogP contribution is -2.32. The highest BCUT2D eigenvalue weighted by molar-refractivity contribution is 7.13. The van der Waals surface area contributed by atoms with Crippen LogP contribution < -0.4 is 11.0 Å². The number of para-hydroxylation sites is 2. The number of aromatic nitrogens is 3. The minimum atomic E-state index is -1.03. The Labute approximate surface area is 146 Å². The molecule has 2 aromatic heterocycles. The molecule has 9 heteroatoms. The third-order valence-electron chi connectivity index (χ3n) is 3.83. The second-order valence-electron chi connectivity index (χ2n) is 5.52. The van der Waals surface area contributed by atoms with E-state index in [1.54, 1.807) is 20.0 Å². The van der Waals surface area contributed by atoms with Gasteiger partial charge in [-0.1, -0.05) is 12.1 Å². The molecule has 2 heterocycles. The van der Waals surface area contributed by atoms with Gasteiger partial charge in [-0.25, -0.2) is 14.6 Å². The fraction of sp³-hybridized carbons (Fsp3) is 0.250. The number of imidazole rings is 1. The van der Waals surface area contributed by atoms with E-state index in [4.69, 9.17) is 5.11 Å². The molecule has 0 aliphatic rings. The van der Waals surface area contributed by atoms with E-state index in [0.29, 0.717) is 16.2 Å². The summed E-state index contributed by atoms with van der Waals surface area (Å²) in [5.74, 6) is -1.38. The van der Waals surface area contributed by atoms with Crippen LogP contribution in [0.15, 0.2) is 29.1 Å². The van der Waals surface area contributed by atoms with E-state index in [1.165, 1.54) is 9.13 Å². The van der Waals surface area contributed by atoms with Gasteiger partial charge in [0, 0.05) is 7.05 Å². The highest BCUT2D eigenvalue weighted by Gasteiger charge is 2.16. The molecular weight excluding hydrogens is 344 g/mol. The second-order valence-corrected chi connectivity index (χ2v) is 6.60. The van der Waals surface area contributed by atoms with Crippen molar-refractivity contribution in [3.63, 3.8) is 0 Å². The van der Waals surface area contributed by atoms with Crippen LogP contribution in [-0.2, 0) is 24.9 Å². The molecule has 3 rings (SSSR count). The van der Waals surface area contributed by atoms with E-state index in [1.807, 2.05) is 18.2 Å². The lowest BCUT2D eigenvalue weighted by Gasteiger charge is -2.04. The number of hydrogen-bond acceptors (Lipinski definition) is 5. The van der Waals surface area contributed by atoms with Crippen molar-refractivity contribution in [2.75, 3.05) is 0 Å². The van der Waals surface area contributed by atoms with Crippen molar-refractivity contribution in [2.45, 2.75) is 20.0 Å². The molecule has 0 saturated heterocycles. The zero-order valence-electron chi connectivity index (χ0n) is 13.6. The minimum absolute atomic E-state index is 0.115. The van der Waals surface area contributed by atoms with Crippen LogP contribution in [0.25, 0.3) is 11.0 Å². The normalized spacial score (nSPS) is 11.0. The van der Waals surface area contributed by atoms with Gasteiger partial charge in [0.25, 0.3) is 0 Å². The van der Waals surface area contributed by atoms with Crippen molar-refractivity contribution in [1.29, 1.82) is 0 Å². The van der Waals surface area contributed by atoms with Crippen LogP contribution in [0, 0.1) is 6.92 Å². The van der Waals surface area contributed by atoms with E-state index < -0.39 is 5.97 Å². The van der Waals surface area contributed by atoms with E-state index in [2.05, 4.69) is 10.3 Å². The number of amides is 1. The van der Waals surface area contributed by atoms with Crippen molar-refractivity contribution < 1.29 is 14.7 Å². The van der Waals surface area contributed by atoms with Crippen molar-refractivity contribution in [1.82, 2.24) is 19.4 Å². The van der Waals surface area contributed by atoms with Crippen molar-refractivity contribution in [2.24, 2.45) is 7.05 Å². The quantitative estimate of drug-likeness (QED) is 0.709. The van der Waals surface area contributed by atoms with Gasteiger partial charge in [-0.2, -0.15) is 0 Å². The van der Waals surface area contributed by atoms with Crippen LogP contribution >= 0.6 is 11.3 Å². The molecule has 0 aliphatic heterocycles. The standard InChI is InChI=1S/C16H16N4O4S/c1-9-14(15(22)23)25-13(18-9)7-17-12(21)8-20-11-6-4-3-5-10(11)19(2)16(20)24/h3-6H,7-8H2,1-2H3,(H,17,21)(H,22,23). The van der Waals surface area contributed by atoms with Gasteiger partial charge in [-0.05, 0) is 19.1 Å². The van der Waals surface area contributed by atoms with Gasteiger partial charge >= 0.3 is 11.7 Å². The Hall–Kier alpha value is -2.94. The predicted molar refractivity (Wildman–Crippen MR) is 92.8 cm³/mol. The van der Waals surface area contributed by atoms with Gasteiger partial charge in [0.05, 0.1) is 23.3 Å². The van der Waals surface area contributed by atoms with Gasteiger partial charge < -0.3 is 10.4 Å². The molecule has 0 saturated carbocycles. The molecule has 1 aromatic carbocycles. The first-order valence-electron chi connectivity index (χ1n) is 7.49. The molecule has 0 atom stereocenters. The zero-order valence-corrected chi connectivity index (χ0v) is 14.5. The summed E-state index contributed by atoms with van der Waals surface area (Å²) in [7, 11) is 1.66. The first-order chi connectivity index (χ1) is 11.9. The third-order valence-corrected chi connectivity index (χ3v) is 4.97. The highest BCUT2D eigenvalue weighted by Crippen LogP contribution is 2.17. The Morgan fingerprint density at radius 3 is 2.60 bits per heavy atom. The molecule has 0 unspecified atom stereocenters. The molecule has 2 N–H and O–H groups in total. The number of carboxylic acids is 1. The number of carbonyl (C=O) groups excluding carboxylic acids is 1. The van der Waals surface area contributed by atoms with Gasteiger partial charge in [0.15, 0.2) is 0 Å². The summed E-state index contributed by atoms with van der Waals surface area (Å²) in [5.41, 5.74) is 1.59. The first-order valence-corrected chi connectivity index (χ1v) is 8.30. The molecule has 0 aliphatic carbocycles. The van der Waals surface area contributed by atoms with E-state index >= 15 is 0 Å². The molecular formula is C16H16N4O4S. The van der Waals surface area contributed by atoms with Crippen molar-refractivity contribution in [3.8, 4) is 0 Å². The maximum absolute atomic E-state index is 12.3. The lowest BCUT2D eigenvalue weighted by molar-refractivity contribution is -0.121. The molecule has 8 nitrogen and oxygen atoms in total. The summed E-state index contributed by atoms with van der Waals surface area (Å²) in [6.07, 6.45) is 0. The van der Waals surface area contributed by atoms with E-state index in [-0.39, 0.29) is 29.6 Å². The maximum atomic E-state index is 12.3. The number of nitrogens with zero attached hydrogens (tertiary/aromatic N) is 3. The van der Waals surface area contributed by atoms with Crippen LogP contribution in [0.5, 0.6) is 0 Å². The molecule has 25 heavy (non-hydrogen) atoms. The number of aryl methyl sites for hydroxylation is 2. The number of nitrogens with one attached hydrogen (secondary N) is 1. The summed E-state index contributed by atoms with van der Waals surface area (Å²) >= 11 is 1.03. The number of hydrogen-bond donors (Lipinski definition) is 2. The first kappa shape index (κ1) is 16.9. The summed E-state index contributed by atoms with van der Waals surface area (Å²) in [5, 5.41) is 12.2. The number of fused-ring (bicyclic) bond motifs is 1. The molecule has 0 radical (unpaired) electrons. The maximum Gasteiger partial charge on any atom is 0.347 e. The number of rotatable bonds is 5. The number of thiazole rings is 1. The summed E-state index contributed by atoms with van der Waals surface area (Å²) < 4.78 is 2.90. The molecule has 0 bridgehead atoms. The van der Waals surface area contributed by atoms with E-state index in [9.17, 15) is 14.4 Å². The van der Waals surface area contributed by atoms with Gasteiger partial charge in [-0.3, -0.25) is 13.9 Å². The Morgan fingerprint density at radius 1 is 1.28 bits per heavy atom. The zero-order chi connectivity index (χ0) is 18.1. The summed E-state index contributed by atoms with van der Waals surface area (Å²) in [4.78, 5) is 39.8. The van der Waals surface area contributed by atoms with Crippen LogP contribution in [0.1, 0.15) is 20.4 Å². The van der Waals surface area contributed by atoms with E-state index in [0.717, 1.165) is 16.9 Å². The smallest absolute Gasteiger partial charge is 0.347 e. The Balaban J connectivity index is 1.74. The minimum Gasteiger partial charge on any atom is -0.477 e. The summed E-state index contributed by atoms with van der Waals surface area (Å²) in [6, 6.07) is 7.24. The highest BCUT2D eigenvalue weighted by atomic mass is 32.1. The second kappa shape index (κ2) is 6.52. The van der Waals surface area contributed by atoms with Crippen LogP contribution in [0.2, 0.25) is 0 Å². The fourth-order valence-corrected chi connectivity index (χ4v) is 3.46. The molecule has 3 aromatic rings. The molecule has 0 fully saturated rings. The average Bonchev–Trinajstić information content (AvgIpc) is 3.07. The monoisotopic (exact) mass is 360 g/mol. The third kappa shape index (κ3) is 3.18. The topological polar surface area (TPSA) is 106 Å². The lowest BCUT2D eigenvalue weighted by atomic mass is 10.3. The SMILES string of the molecule is Cc1nc(CNC(=O)Cn2c(=O)n(C)c3ccccc32)sc1C(=O)O. The van der Waals surface area contributed by atoms with Crippen LogP contribution in [-0.4, -0.2) is 31.1 Å². The van der Waals surface area contributed by atoms with Gasteiger partial charge in [-0.15, -0.1) is 11.3 Å². The summed E-state index contributed by atoms with van der Waals surface area (Å²) in [6.45, 7) is 1.62. The Bertz CT molecular complexity index is 1030. The van der Waals surface area contributed by atoms with Crippen LogP contribution in [0.4, 0.5) is 0 Å². The molecule has 130 valence electrons. The number of carbonyl (C=O) groups is 2. The average molecular weight is 360 g/mol. The van der Waals surface area contributed by atoms with Gasteiger partial charge in [0.2, 0.25) is 5.91 Å². The Morgan fingerprint density at radius 2 is 1.96 bits per heavy atom. The largest absolute Gasteiger partial charge is 0.477 e. The predicted octanol–water partition coefficient (Wildman–Crippen LogP) is 1.12. The van der Waals surface area contributed by atoms with Crippen molar-refractivity contribution >= 4 is 34.2 Å². The number of benzene rings is 1. The Kier molecular flexibility index (Phi) is 4.41. The van der Waals surface area contributed by atoms with Crippen molar-refractivity contribution in [3.05, 3.63) is 50.3 Å². The number of aromatic carboxylic acids is 1. The number of carboxylic acid groups (broad SMARTS) is 1.